The van der Waals surface area contributed by atoms with E-state index in [1.807, 2.05) is 0 Å². The molecule has 0 spiro atoms. The fourth-order valence-electron chi connectivity index (χ4n) is 1.18. The SMILES string of the molecule is NC[C@H](N)c1cccc([N+](=O)[O-])c1N. The van der Waals surface area contributed by atoms with Crippen LogP contribution in [0.1, 0.15) is 11.6 Å². The number of benzene rings is 1. The molecule has 1 aromatic rings. The Morgan fingerprint density at radius 2 is 2.14 bits per heavy atom. The first-order chi connectivity index (χ1) is 6.57. The number of nitrogen functional groups attached to an aromatic ring is 1. The van der Waals surface area contributed by atoms with Crippen LogP contribution in [0.15, 0.2) is 18.2 Å². The molecule has 0 radical (unpaired) electrons. The van der Waals surface area contributed by atoms with Crippen molar-refractivity contribution in [2.24, 2.45) is 11.5 Å². The van der Waals surface area contributed by atoms with E-state index in [1.54, 1.807) is 12.1 Å². The highest BCUT2D eigenvalue weighted by Gasteiger charge is 2.17. The van der Waals surface area contributed by atoms with Gasteiger partial charge in [0.25, 0.3) is 5.69 Å². The van der Waals surface area contributed by atoms with E-state index in [0.717, 1.165) is 0 Å². The quantitative estimate of drug-likeness (QED) is 0.360. The van der Waals surface area contributed by atoms with E-state index in [1.165, 1.54) is 6.07 Å². The molecule has 0 aliphatic carbocycles. The number of nitrogens with zero attached hydrogens (tertiary/aromatic N) is 1. The van der Waals surface area contributed by atoms with Gasteiger partial charge >= 0.3 is 0 Å². The fourth-order valence-corrected chi connectivity index (χ4v) is 1.18. The van der Waals surface area contributed by atoms with Crippen LogP contribution < -0.4 is 17.2 Å². The summed E-state index contributed by atoms with van der Waals surface area (Å²) in [7, 11) is 0. The van der Waals surface area contributed by atoms with Gasteiger partial charge in [0.15, 0.2) is 0 Å². The molecule has 6 N–H and O–H groups in total. The van der Waals surface area contributed by atoms with Crippen molar-refractivity contribution in [1.82, 2.24) is 0 Å². The number of rotatable bonds is 3. The van der Waals surface area contributed by atoms with Crippen molar-refractivity contribution in [3.8, 4) is 0 Å². The van der Waals surface area contributed by atoms with Gasteiger partial charge in [0, 0.05) is 24.2 Å². The normalized spacial score (nSPS) is 12.4. The van der Waals surface area contributed by atoms with E-state index in [0.29, 0.717) is 5.56 Å². The highest BCUT2D eigenvalue weighted by Crippen LogP contribution is 2.27. The molecule has 0 amide bonds. The number of anilines is 1. The molecule has 0 heterocycles. The van der Waals surface area contributed by atoms with Gasteiger partial charge in [0.2, 0.25) is 0 Å². The monoisotopic (exact) mass is 196 g/mol. The molecule has 0 fully saturated rings. The Kier molecular flexibility index (Phi) is 3.00. The molecule has 1 atom stereocenters. The predicted octanol–water partition coefficient (Wildman–Crippen LogP) is 0.135. The van der Waals surface area contributed by atoms with E-state index in [9.17, 15) is 10.1 Å². The first-order valence-corrected chi connectivity index (χ1v) is 4.06. The standard InChI is InChI=1S/C8H12N4O2/c9-4-6(10)5-2-1-3-7(8(5)11)12(13)14/h1-3,6H,4,9-11H2/t6-/m0/s1. The molecule has 1 rings (SSSR count). The van der Waals surface area contributed by atoms with Gasteiger partial charge in [0.1, 0.15) is 5.69 Å². The van der Waals surface area contributed by atoms with Crippen molar-refractivity contribution in [3.63, 3.8) is 0 Å². The van der Waals surface area contributed by atoms with Gasteiger partial charge < -0.3 is 17.2 Å². The van der Waals surface area contributed by atoms with Gasteiger partial charge in [0.05, 0.1) is 4.92 Å². The van der Waals surface area contributed by atoms with E-state index < -0.39 is 11.0 Å². The minimum Gasteiger partial charge on any atom is -0.393 e. The lowest BCUT2D eigenvalue weighted by Gasteiger charge is -2.11. The van der Waals surface area contributed by atoms with Crippen LogP contribution in [-0.4, -0.2) is 11.5 Å². The maximum absolute atomic E-state index is 10.5. The maximum atomic E-state index is 10.5. The average Bonchev–Trinajstić information content (AvgIpc) is 2.16. The number of hydrogen-bond donors (Lipinski definition) is 3. The van der Waals surface area contributed by atoms with Gasteiger partial charge in [-0.1, -0.05) is 12.1 Å². The average molecular weight is 196 g/mol. The highest BCUT2D eigenvalue weighted by atomic mass is 16.6. The van der Waals surface area contributed by atoms with Crippen LogP contribution in [0.3, 0.4) is 0 Å². The molecule has 76 valence electrons. The third-order valence-electron chi connectivity index (χ3n) is 1.97. The summed E-state index contributed by atoms with van der Waals surface area (Å²) < 4.78 is 0. The van der Waals surface area contributed by atoms with Crippen LogP contribution in [0.2, 0.25) is 0 Å². The number of para-hydroxylation sites is 1. The van der Waals surface area contributed by atoms with Gasteiger partial charge in [-0.05, 0) is 0 Å². The second-order valence-corrected chi connectivity index (χ2v) is 2.88. The fraction of sp³-hybridized carbons (Fsp3) is 0.250. The molecule has 1 aromatic carbocycles. The third-order valence-corrected chi connectivity index (χ3v) is 1.97. The van der Waals surface area contributed by atoms with Crippen molar-refractivity contribution in [1.29, 1.82) is 0 Å². The minimum absolute atomic E-state index is 0.0930. The molecular formula is C8H12N4O2. The molecule has 0 aromatic heterocycles. The maximum Gasteiger partial charge on any atom is 0.292 e. The summed E-state index contributed by atoms with van der Waals surface area (Å²) in [4.78, 5) is 10.00. The van der Waals surface area contributed by atoms with Crippen LogP contribution in [0.25, 0.3) is 0 Å². The summed E-state index contributed by atoms with van der Waals surface area (Å²) in [6.45, 7) is 0.200. The first-order valence-electron chi connectivity index (χ1n) is 4.06. The van der Waals surface area contributed by atoms with Crippen LogP contribution in [-0.2, 0) is 0 Å². The lowest BCUT2D eigenvalue weighted by Crippen LogP contribution is -2.22. The van der Waals surface area contributed by atoms with Gasteiger partial charge in [-0.2, -0.15) is 0 Å². The third kappa shape index (κ3) is 1.81. The zero-order chi connectivity index (χ0) is 10.7. The Morgan fingerprint density at radius 3 is 2.64 bits per heavy atom. The summed E-state index contributed by atoms with van der Waals surface area (Å²) in [5.41, 5.74) is 17.0. The minimum atomic E-state index is -0.540. The number of hydrogen-bond acceptors (Lipinski definition) is 5. The second-order valence-electron chi connectivity index (χ2n) is 2.88. The number of nitro groups is 1. The molecule has 0 aliphatic heterocycles. The Hall–Kier alpha value is -1.66. The molecule has 6 nitrogen and oxygen atoms in total. The Labute approximate surface area is 80.8 Å². The molecule has 0 unspecified atom stereocenters. The Balaban J connectivity index is 3.20. The Bertz CT molecular complexity index is 353. The topological polar surface area (TPSA) is 121 Å². The van der Waals surface area contributed by atoms with E-state index in [2.05, 4.69) is 0 Å². The summed E-state index contributed by atoms with van der Waals surface area (Å²) in [6.07, 6.45) is 0. The second kappa shape index (κ2) is 4.03. The van der Waals surface area contributed by atoms with Crippen molar-refractivity contribution < 1.29 is 4.92 Å². The highest BCUT2D eigenvalue weighted by molar-refractivity contribution is 5.63. The van der Waals surface area contributed by atoms with Crippen LogP contribution >= 0.6 is 0 Å². The summed E-state index contributed by atoms with van der Waals surface area (Å²) >= 11 is 0. The molecule has 14 heavy (non-hydrogen) atoms. The smallest absolute Gasteiger partial charge is 0.292 e. The van der Waals surface area contributed by atoms with Crippen molar-refractivity contribution in [2.45, 2.75) is 6.04 Å². The van der Waals surface area contributed by atoms with E-state index in [-0.39, 0.29) is 17.9 Å². The van der Waals surface area contributed by atoms with Crippen molar-refractivity contribution in [2.75, 3.05) is 12.3 Å². The van der Waals surface area contributed by atoms with Gasteiger partial charge in [-0.15, -0.1) is 0 Å². The van der Waals surface area contributed by atoms with Crippen molar-refractivity contribution in [3.05, 3.63) is 33.9 Å². The number of nitrogens with two attached hydrogens (primary N) is 3. The summed E-state index contributed by atoms with van der Waals surface area (Å²) in [5.74, 6) is 0. The first kappa shape index (κ1) is 10.4. The predicted molar refractivity (Wildman–Crippen MR) is 53.5 cm³/mol. The molecule has 0 saturated carbocycles. The van der Waals surface area contributed by atoms with Gasteiger partial charge in [-0.25, -0.2) is 0 Å². The zero-order valence-electron chi connectivity index (χ0n) is 7.51. The molecular weight excluding hydrogens is 184 g/mol. The number of nitro benzene ring substituents is 1. The van der Waals surface area contributed by atoms with E-state index in [4.69, 9.17) is 17.2 Å². The molecule has 6 heteroatoms. The molecule has 0 aliphatic rings. The van der Waals surface area contributed by atoms with Gasteiger partial charge in [-0.3, -0.25) is 10.1 Å². The molecule has 0 bridgehead atoms. The van der Waals surface area contributed by atoms with Crippen LogP contribution in [0.5, 0.6) is 0 Å². The van der Waals surface area contributed by atoms with Crippen LogP contribution in [0.4, 0.5) is 11.4 Å². The summed E-state index contributed by atoms with van der Waals surface area (Å²) in [5, 5.41) is 10.5. The van der Waals surface area contributed by atoms with Crippen LogP contribution in [0, 0.1) is 10.1 Å². The largest absolute Gasteiger partial charge is 0.393 e. The van der Waals surface area contributed by atoms with E-state index >= 15 is 0 Å². The lowest BCUT2D eigenvalue weighted by atomic mass is 10.0. The summed E-state index contributed by atoms with van der Waals surface area (Å²) in [6, 6.07) is 4.05. The Morgan fingerprint density at radius 1 is 1.50 bits per heavy atom. The van der Waals surface area contributed by atoms with Crippen molar-refractivity contribution >= 4 is 11.4 Å². The molecule has 0 saturated heterocycles. The lowest BCUT2D eigenvalue weighted by molar-refractivity contribution is -0.384. The zero-order valence-corrected chi connectivity index (χ0v) is 7.51.